The van der Waals surface area contributed by atoms with Crippen molar-refractivity contribution in [2.75, 3.05) is 38.2 Å². The third kappa shape index (κ3) is 5.14. The number of aromatic hydroxyl groups is 1. The molecule has 9 nitrogen and oxygen atoms in total. The van der Waals surface area contributed by atoms with Gasteiger partial charge in [0.25, 0.3) is 0 Å². The van der Waals surface area contributed by atoms with Gasteiger partial charge in [-0.1, -0.05) is 30.8 Å². The zero-order valence-corrected chi connectivity index (χ0v) is 25.0. The Bertz CT molecular complexity index is 1710. The van der Waals surface area contributed by atoms with Crippen LogP contribution < -0.4 is 9.64 Å². The van der Waals surface area contributed by atoms with Crippen LogP contribution in [-0.4, -0.2) is 87.2 Å². The molecule has 5 heterocycles. The number of piperazine rings is 1. The first-order valence-corrected chi connectivity index (χ1v) is 14.5. The zero-order valence-electron chi connectivity index (χ0n) is 24.0. The maximum Gasteiger partial charge on any atom is 0.319 e. The number of nitrogens with zero attached hydrogens (tertiary/aromatic N) is 6. The third-order valence-electron chi connectivity index (χ3n) is 9.03. The molecule has 3 fully saturated rings. The number of hydrogen-bond donors (Lipinski definition) is 1. The number of amides is 1. The van der Waals surface area contributed by atoms with E-state index in [-0.39, 0.29) is 60.5 Å². The number of halogens is 1. The minimum Gasteiger partial charge on any atom is -0.508 e. The molecular formula is C32H35FN6O3S. The van der Waals surface area contributed by atoms with Gasteiger partial charge in [-0.2, -0.15) is 23.5 Å². The molecule has 0 saturated carbocycles. The van der Waals surface area contributed by atoms with Crippen LogP contribution in [0, 0.1) is 5.82 Å². The van der Waals surface area contributed by atoms with E-state index in [1.165, 1.54) is 12.1 Å². The molecule has 0 aliphatic carbocycles. The lowest BCUT2D eigenvalue weighted by Gasteiger charge is -2.41. The molecule has 3 aliphatic rings. The summed E-state index contributed by atoms with van der Waals surface area (Å²) in [7, 11) is 2.07. The average molecular weight is 603 g/mol. The molecule has 3 saturated heterocycles. The largest absolute Gasteiger partial charge is 0.508 e. The minimum atomic E-state index is -0.599. The Morgan fingerprint density at radius 2 is 1.91 bits per heavy atom. The van der Waals surface area contributed by atoms with Crippen molar-refractivity contribution in [1.82, 2.24) is 24.8 Å². The first-order chi connectivity index (χ1) is 20.4. The lowest BCUT2D eigenvalue weighted by molar-refractivity contribution is -0.129. The minimum absolute atomic E-state index is 0. The number of likely N-dealkylation sites (tertiary alicyclic amines) is 1. The molecule has 4 aromatic rings. The second-order valence-corrected chi connectivity index (χ2v) is 11.6. The Hall–Kier alpha value is -3.96. The van der Waals surface area contributed by atoms with E-state index in [2.05, 4.69) is 33.4 Å². The predicted molar refractivity (Wildman–Crippen MR) is 169 cm³/mol. The van der Waals surface area contributed by atoms with Crippen molar-refractivity contribution < 1.29 is 19.0 Å². The van der Waals surface area contributed by atoms with E-state index >= 15 is 4.39 Å². The fourth-order valence-corrected chi connectivity index (χ4v) is 6.91. The van der Waals surface area contributed by atoms with Gasteiger partial charge in [0.2, 0.25) is 5.91 Å². The van der Waals surface area contributed by atoms with Crippen molar-refractivity contribution in [2.45, 2.75) is 43.8 Å². The molecule has 7 rings (SSSR count). The molecule has 2 aromatic heterocycles. The fraction of sp³-hybridized carbons (Fsp3) is 0.375. The number of phenols is 1. The van der Waals surface area contributed by atoms with E-state index < -0.39 is 5.82 Å². The van der Waals surface area contributed by atoms with Crippen molar-refractivity contribution in [3.8, 4) is 23.0 Å². The molecule has 0 radical (unpaired) electrons. The van der Waals surface area contributed by atoms with E-state index in [1.54, 1.807) is 12.3 Å². The number of ether oxygens (including phenoxy) is 1. The number of benzene rings is 2. The normalized spacial score (nSPS) is 21.8. The van der Waals surface area contributed by atoms with E-state index in [1.807, 2.05) is 29.2 Å². The first-order valence-electron chi connectivity index (χ1n) is 14.5. The molecule has 0 spiro atoms. The van der Waals surface area contributed by atoms with E-state index in [4.69, 9.17) is 9.72 Å². The molecule has 43 heavy (non-hydrogen) atoms. The summed E-state index contributed by atoms with van der Waals surface area (Å²) in [6, 6.07) is 11.1. The Balaban J connectivity index is 0.00000329. The number of fused-ring (bicyclic) bond motifs is 4. The Labute approximate surface area is 256 Å². The van der Waals surface area contributed by atoms with Crippen molar-refractivity contribution in [1.29, 1.82) is 0 Å². The smallest absolute Gasteiger partial charge is 0.319 e. The van der Waals surface area contributed by atoms with E-state index in [9.17, 15) is 9.90 Å². The summed E-state index contributed by atoms with van der Waals surface area (Å²) >= 11 is 0. The van der Waals surface area contributed by atoms with Crippen LogP contribution in [0.1, 0.15) is 25.7 Å². The molecule has 224 valence electrons. The summed E-state index contributed by atoms with van der Waals surface area (Å²) in [5.41, 5.74) is 0.696. The van der Waals surface area contributed by atoms with Crippen molar-refractivity contribution in [2.24, 2.45) is 0 Å². The van der Waals surface area contributed by atoms with Crippen LogP contribution >= 0.6 is 13.5 Å². The number of pyridine rings is 1. The molecule has 2 bridgehead atoms. The number of carbonyl (C=O) groups excluding carboxylic acids is 1. The van der Waals surface area contributed by atoms with Crippen LogP contribution in [0.4, 0.5) is 10.2 Å². The second-order valence-electron chi connectivity index (χ2n) is 11.6. The van der Waals surface area contributed by atoms with E-state index in [0.717, 1.165) is 43.0 Å². The maximum atomic E-state index is 16.5. The molecule has 2 aromatic carbocycles. The highest BCUT2D eigenvalue weighted by molar-refractivity contribution is 7.59. The number of anilines is 1. The monoisotopic (exact) mass is 602 g/mol. The molecule has 1 N–H and O–H groups in total. The van der Waals surface area contributed by atoms with Crippen LogP contribution in [-0.2, 0) is 4.79 Å². The number of rotatable bonds is 6. The SMILES string of the molecule is C=CC(=O)N1C2CCC1CN(c1nc(OC[C@@H]3CCCN3C)nc3c(F)c(-c4cc(O)cc5ccccc45)ncc13)C2.S. The number of carbonyl (C=O) groups is 1. The molecule has 11 heteroatoms. The summed E-state index contributed by atoms with van der Waals surface area (Å²) in [5.74, 6) is -0.0788. The highest BCUT2D eigenvalue weighted by Gasteiger charge is 2.42. The topological polar surface area (TPSA) is 94.9 Å². The van der Waals surface area contributed by atoms with Crippen molar-refractivity contribution in [3.63, 3.8) is 0 Å². The van der Waals surface area contributed by atoms with E-state index in [0.29, 0.717) is 36.5 Å². The number of likely N-dealkylation sites (N-methyl/N-ethyl adjacent to an activating group) is 1. The number of aromatic nitrogens is 3. The van der Waals surface area contributed by atoms with Gasteiger partial charge >= 0.3 is 6.01 Å². The van der Waals surface area contributed by atoms with Gasteiger partial charge < -0.3 is 24.5 Å². The summed E-state index contributed by atoms with van der Waals surface area (Å²) in [6.45, 7) is 6.22. The quantitative estimate of drug-likeness (QED) is 0.319. The van der Waals surface area contributed by atoms with Gasteiger partial charge in [-0.15, -0.1) is 0 Å². The first kappa shape index (κ1) is 29.1. The van der Waals surface area contributed by atoms with Crippen LogP contribution in [0.25, 0.3) is 32.9 Å². The Kier molecular flexibility index (Phi) is 7.87. The Morgan fingerprint density at radius 1 is 1.14 bits per heavy atom. The average Bonchev–Trinajstić information content (AvgIpc) is 3.53. The lowest BCUT2D eigenvalue weighted by atomic mass is 10.00. The lowest BCUT2D eigenvalue weighted by Crippen LogP contribution is -2.55. The molecule has 2 unspecified atom stereocenters. The third-order valence-corrected chi connectivity index (χ3v) is 9.03. The fourth-order valence-electron chi connectivity index (χ4n) is 6.91. The van der Waals surface area contributed by atoms with Gasteiger partial charge in [0.15, 0.2) is 5.82 Å². The second kappa shape index (κ2) is 11.6. The van der Waals surface area contributed by atoms with Crippen LogP contribution in [0.3, 0.4) is 0 Å². The maximum absolute atomic E-state index is 16.5. The number of hydrogen-bond acceptors (Lipinski definition) is 8. The van der Waals surface area contributed by atoms with Crippen molar-refractivity contribution in [3.05, 3.63) is 61.1 Å². The summed E-state index contributed by atoms with van der Waals surface area (Å²) in [4.78, 5) is 32.8. The highest BCUT2D eigenvalue weighted by atomic mass is 32.1. The summed E-state index contributed by atoms with van der Waals surface area (Å²) < 4.78 is 22.7. The van der Waals surface area contributed by atoms with Crippen LogP contribution in [0.15, 0.2) is 55.3 Å². The van der Waals surface area contributed by atoms with Crippen molar-refractivity contribution >= 4 is 46.9 Å². The van der Waals surface area contributed by atoms with Gasteiger partial charge in [-0.25, -0.2) is 4.39 Å². The molecule has 1 amide bonds. The zero-order chi connectivity index (χ0) is 29.0. The van der Waals surface area contributed by atoms with Gasteiger partial charge in [0.05, 0.1) is 5.39 Å². The van der Waals surface area contributed by atoms with Crippen LogP contribution in [0.5, 0.6) is 11.8 Å². The predicted octanol–water partition coefficient (Wildman–Crippen LogP) is 4.64. The van der Waals surface area contributed by atoms with Gasteiger partial charge in [0, 0.05) is 43.0 Å². The number of phenolic OH excluding ortho intramolecular Hbond substituents is 1. The van der Waals surface area contributed by atoms with Gasteiger partial charge in [-0.05, 0) is 68.3 Å². The highest BCUT2D eigenvalue weighted by Crippen LogP contribution is 2.39. The van der Waals surface area contributed by atoms with Crippen LogP contribution in [0.2, 0.25) is 0 Å². The summed E-state index contributed by atoms with van der Waals surface area (Å²) in [6.07, 6.45) is 6.89. The van der Waals surface area contributed by atoms with Gasteiger partial charge in [-0.3, -0.25) is 9.78 Å². The van der Waals surface area contributed by atoms with Gasteiger partial charge in [0.1, 0.15) is 29.4 Å². The standard InChI is InChI=1S/C32H33FN6O3.H2S/c1-3-27(41)39-20-10-11-21(39)17-38(16-20)31-26-15-34-29(25-14-23(40)13-19-7-4-5-9-24(19)25)28(33)30(26)35-32(36-31)42-18-22-8-6-12-37(22)2;/h3-5,7,9,13-15,20-22,40H,1,6,8,10-12,16-18H2,2H3;1H2/t20?,21?,22-;/m0./s1. The summed E-state index contributed by atoms with van der Waals surface area (Å²) in [5, 5.41) is 12.5. The molecule has 3 aliphatic heterocycles. The molecular weight excluding hydrogens is 567 g/mol. The molecule has 3 atom stereocenters. The Morgan fingerprint density at radius 3 is 2.63 bits per heavy atom.